The molecule has 294 valence electrons. The number of anilines is 3. The highest BCUT2D eigenvalue weighted by Crippen LogP contribution is 2.94. The topological polar surface area (TPSA) is 3.24 Å². The van der Waals surface area contributed by atoms with E-state index < -0.39 is 0 Å². The molecule has 0 saturated heterocycles. The molecular weight excluding hydrogens is 759 g/mol. The second-order valence-corrected chi connectivity index (χ2v) is 19.1. The average molecular weight is 800 g/mol. The number of hydrogen-bond acceptors (Lipinski definition) is 1. The fourth-order valence-electron chi connectivity index (χ4n) is 14.3. The van der Waals surface area contributed by atoms with Gasteiger partial charge in [-0.15, -0.1) is 0 Å². The summed E-state index contributed by atoms with van der Waals surface area (Å²) >= 11 is 0. The maximum atomic E-state index is 2.62. The van der Waals surface area contributed by atoms with Gasteiger partial charge < -0.3 is 4.90 Å². The lowest BCUT2D eigenvalue weighted by atomic mass is 9.65. The number of benzene rings is 10. The van der Waals surface area contributed by atoms with Crippen molar-refractivity contribution in [1.82, 2.24) is 0 Å². The molecule has 0 aliphatic heterocycles. The molecule has 1 nitrogen and oxygen atoms in total. The van der Waals surface area contributed by atoms with Gasteiger partial charge in [0.1, 0.15) is 0 Å². The molecule has 0 N–H and O–H groups in total. The van der Waals surface area contributed by atoms with E-state index in [1.165, 1.54) is 111 Å². The van der Waals surface area contributed by atoms with Crippen LogP contribution >= 0.6 is 0 Å². The van der Waals surface area contributed by atoms with Gasteiger partial charge in [0.2, 0.25) is 0 Å². The summed E-state index contributed by atoms with van der Waals surface area (Å²) in [6.07, 6.45) is 0. The van der Waals surface area contributed by atoms with Crippen molar-refractivity contribution in [1.29, 1.82) is 0 Å². The Morgan fingerprint density at radius 2 is 0.730 bits per heavy atom. The van der Waals surface area contributed by atoms with Crippen molar-refractivity contribution in [2.24, 2.45) is 0 Å². The van der Waals surface area contributed by atoms with E-state index >= 15 is 0 Å². The van der Waals surface area contributed by atoms with Crippen molar-refractivity contribution in [2.75, 3.05) is 4.90 Å². The van der Waals surface area contributed by atoms with Gasteiger partial charge in [-0.1, -0.05) is 190 Å². The number of rotatable bonds is 4. The highest BCUT2D eigenvalue weighted by atomic mass is 15.1. The zero-order chi connectivity index (χ0) is 41.5. The fourth-order valence-corrected chi connectivity index (χ4v) is 14.3. The van der Waals surface area contributed by atoms with Gasteiger partial charge in [0, 0.05) is 22.5 Å². The lowest BCUT2D eigenvalue weighted by Gasteiger charge is -2.37. The lowest BCUT2D eigenvalue weighted by molar-refractivity contribution is 0.660. The van der Waals surface area contributed by atoms with E-state index in [0.29, 0.717) is 0 Å². The van der Waals surface area contributed by atoms with Crippen LogP contribution in [0.2, 0.25) is 0 Å². The highest BCUT2D eigenvalue weighted by molar-refractivity contribution is 6.14. The van der Waals surface area contributed by atoms with Crippen LogP contribution in [0.15, 0.2) is 212 Å². The minimum Gasteiger partial charge on any atom is -0.310 e. The molecule has 3 atom stereocenters. The van der Waals surface area contributed by atoms with E-state index in [2.05, 4.69) is 231 Å². The van der Waals surface area contributed by atoms with Gasteiger partial charge in [0.25, 0.3) is 0 Å². The summed E-state index contributed by atoms with van der Waals surface area (Å²) in [5.74, 6) is 0. The molecule has 0 aromatic heterocycles. The van der Waals surface area contributed by atoms with Crippen LogP contribution < -0.4 is 4.90 Å². The zero-order valence-corrected chi connectivity index (χ0v) is 35.2. The van der Waals surface area contributed by atoms with E-state index in [-0.39, 0.29) is 21.7 Å². The van der Waals surface area contributed by atoms with Crippen LogP contribution in [-0.2, 0) is 21.7 Å². The van der Waals surface area contributed by atoms with Crippen molar-refractivity contribution in [2.45, 2.75) is 35.5 Å². The summed E-state index contributed by atoms with van der Waals surface area (Å²) < 4.78 is 0. The van der Waals surface area contributed by atoms with Gasteiger partial charge in [-0.25, -0.2) is 0 Å². The zero-order valence-electron chi connectivity index (χ0n) is 35.2. The first kappa shape index (κ1) is 34.1. The van der Waals surface area contributed by atoms with Gasteiger partial charge in [0.05, 0.1) is 16.2 Å². The predicted octanol–water partition coefficient (Wildman–Crippen LogP) is 15.3. The molecule has 1 saturated carbocycles. The number of nitrogens with zero attached hydrogens (tertiary/aromatic N) is 1. The minimum absolute atomic E-state index is 0.131. The maximum Gasteiger partial charge on any atom is 0.0515 e. The summed E-state index contributed by atoms with van der Waals surface area (Å²) in [5.41, 5.74) is 21.8. The molecule has 0 heterocycles. The summed E-state index contributed by atoms with van der Waals surface area (Å²) in [5, 5.41) is 5.49. The second-order valence-electron chi connectivity index (χ2n) is 19.1. The molecule has 3 spiro atoms. The molecule has 3 unspecified atom stereocenters. The Labute approximate surface area is 367 Å². The Hall–Kier alpha value is -7.48. The molecule has 5 aliphatic rings. The van der Waals surface area contributed by atoms with Crippen molar-refractivity contribution >= 4 is 38.6 Å². The predicted molar refractivity (Wildman–Crippen MR) is 260 cm³/mol. The van der Waals surface area contributed by atoms with Crippen LogP contribution in [0.1, 0.15) is 58.4 Å². The number of hydrogen-bond donors (Lipinski definition) is 0. The molecule has 0 radical (unpaired) electrons. The number of fused-ring (bicyclic) bond motifs is 6. The maximum absolute atomic E-state index is 2.62. The Morgan fingerprint density at radius 3 is 1.38 bits per heavy atom. The van der Waals surface area contributed by atoms with Crippen LogP contribution in [0.5, 0.6) is 0 Å². The molecule has 5 aliphatic carbocycles. The monoisotopic (exact) mass is 799 g/mol. The van der Waals surface area contributed by atoms with Gasteiger partial charge >= 0.3 is 0 Å². The quantitative estimate of drug-likeness (QED) is 0.171. The smallest absolute Gasteiger partial charge is 0.0515 e. The molecular formula is C62H41N. The van der Waals surface area contributed by atoms with Gasteiger partial charge in [-0.05, 0) is 136 Å². The third kappa shape index (κ3) is 3.63. The first-order valence-corrected chi connectivity index (χ1v) is 22.5. The standard InChI is InChI=1S/C62H41N/c1-59(2)49-23-9-6-20-45(49)48-34-33-43(36-55(48)59)63(42-31-29-39(30-32-42)38-15-4-3-5-16-38)44-35-41-19-14-28-54-58(41)56(37-44)61-51-25-11-8-22-47(51)46-21-7-10-24-50(46)60(61)52-26-12-17-40-18-13-27-53(57(40)52)62(54,60)61/h3-37H,1-2H3. The molecule has 10 aromatic rings. The third-order valence-corrected chi connectivity index (χ3v) is 16.4. The first-order valence-electron chi connectivity index (χ1n) is 22.5. The van der Waals surface area contributed by atoms with Gasteiger partial charge in [0.15, 0.2) is 0 Å². The van der Waals surface area contributed by atoms with Crippen LogP contribution in [0.25, 0.3) is 54.9 Å². The third-order valence-electron chi connectivity index (χ3n) is 16.4. The van der Waals surface area contributed by atoms with Crippen LogP contribution in [0.4, 0.5) is 17.1 Å². The summed E-state index contributed by atoms with van der Waals surface area (Å²) in [6, 6.07) is 81.4. The summed E-state index contributed by atoms with van der Waals surface area (Å²) in [4.78, 5) is 2.54. The van der Waals surface area contributed by atoms with Crippen LogP contribution in [0, 0.1) is 0 Å². The van der Waals surface area contributed by atoms with Gasteiger partial charge in [-0.2, -0.15) is 0 Å². The molecule has 0 bridgehead atoms. The molecule has 1 heteroatoms. The second kappa shape index (κ2) is 11.3. The van der Waals surface area contributed by atoms with Crippen molar-refractivity contribution in [3.05, 3.63) is 257 Å². The Kier molecular flexibility index (Phi) is 6.13. The normalized spacial score (nSPS) is 21.5. The Balaban J connectivity index is 1.04. The Morgan fingerprint density at radius 1 is 0.286 bits per heavy atom. The molecule has 0 amide bonds. The van der Waals surface area contributed by atoms with E-state index in [1.807, 2.05) is 0 Å². The van der Waals surface area contributed by atoms with Gasteiger partial charge in [-0.3, -0.25) is 0 Å². The minimum atomic E-state index is -0.351. The lowest BCUT2D eigenvalue weighted by Crippen LogP contribution is -2.30. The summed E-state index contributed by atoms with van der Waals surface area (Å²) in [6.45, 7) is 4.78. The van der Waals surface area contributed by atoms with Crippen molar-refractivity contribution < 1.29 is 0 Å². The van der Waals surface area contributed by atoms with E-state index in [4.69, 9.17) is 0 Å². The Bertz CT molecular complexity index is 3660. The van der Waals surface area contributed by atoms with Crippen LogP contribution in [0.3, 0.4) is 0 Å². The fraction of sp³-hybridized carbons (Fsp3) is 0.0968. The van der Waals surface area contributed by atoms with E-state index in [9.17, 15) is 0 Å². The van der Waals surface area contributed by atoms with Crippen molar-refractivity contribution in [3.8, 4) is 33.4 Å². The molecule has 15 rings (SSSR count). The average Bonchev–Trinajstić information content (AvgIpc) is 3.55. The van der Waals surface area contributed by atoms with Crippen LogP contribution in [-0.4, -0.2) is 0 Å². The molecule has 63 heavy (non-hydrogen) atoms. The summed E-state index contributed by atoms with van der Waals surface area (Å²) in [7, 11) is 0. The molecule has 10 aromatic carbocycles. The molecule has 1 fully saturated rings. The highest BCUT2D eigenvalue weighted by Gasteiger charge is 2.95. The van der Waals surface area contributed by atoms with E-state index in [0.717, 1.165) is 5.69 Å². The van der Waals surface area contributed by atoms with Crippen molar-refractivity contribution in [3.63, 3.8) is 0 Å². The van der Waals surface area contributed by atoms with E-state index in [1.54, 1.807) is 0 Å². The SMILES string of the molecule is CC1(C)c2ccccc2-c2ccc(N(c3ccc(-c4ccccc4)cc3)c3cc4c5c(cccc5c3)C35c6cccc7cccc(c67)C36c3ccccc3-c3ccccc3C465)cc21. The largest absolute Gasteiger partial charge is 0.310 e. The first-order chi connectivity index (χ1) is 31.0.